The molecule has 0 N–H and O–H groups in total. The molecule has 0 amide bonds. The summed E-state index contributed by atoms with van der Waals surface area (Å²) in [7, 11) is -2.28. The average Bonchev–Trinajstić information content (AvgIpc) is 3.44. The van der Waals surface area contributed by atoms with Crippen LogP contribution in [0, 0.1) is 24.7 Å². The Morgan fingerprint density at radius 2 is 0.473 bits per heavy atom. The Kier molecular flexibility index (Phi) is 17.0. The maximum atomic E-state index is 7.41. The van der Waals surface area contributed by atoms with Gasteiger partial charge in [-0.05, 0) is 151 Å². The molecule has 0 bridgehead atoms. The zero-order chi connectivity index (χ0) is 48.6. The van der Waals surface area contributed by atoms with Crippen LogP contribution in [0.1, 0.15) is 11.1 Å². The molecule has 0 heterocycles. The van der Waals surface area contributed by atoms with Crippen LogP contribution in [0.15, 0.2) is 279 Å². The van der Waals surface area contributed by atoms with Gasteiger partial charge in [0.15, 0.2) is 0 Å². The normalized spacial score (nSPS) is 10.7. The van der Waals surface area contributed by atoms with Gasteiger partial charge < -0.3 is 12.8 Å². The minimum atomic E-state index is -1.14. The van der Waals surface area contributed by atoms with Gasteiger partial charge in [0.25, 0.3) is 0 Å². The van der Waals surface area contributed by atoms with E-state index in [1.807, 2.05) is 24.3 Å². The second-order valence-corrected chi connectivity index (χ2v) is 22.7. The van der Waals surface area contributed by atoms with E-state index in [2.05, 4.69) is 267 Å². The summed E-state index contributed by atoms with van der Waals surface area (Å²) in [4.78, 5) is 0. The zero-order valence-electron chi connectivity index (χ0n) is 40.2. The molecule has 74 heavy (non-hydrogen) atoms. The molecule has 0 saturated heterocycles. The van der Waals surface area contributed by atoms with Crippen LogP contribution in [0.3, 0.4) is 0 Å². The summed E-state index contributed by atoms with van der Waals surface area (Å²) >= 11 is 0. The standard InChI is InChI=1S/C30H24P2.2C20H11.2Au/c1-5-15-25(16-6-1)31(26-17-7-2-8-18-26)29-23-13-14-24-30(29)32(27-19-9-3-10-20-27)28-21-11-4-12-22-28;2*1-2-14-8-5-9-17-12-18-10-15-6-3-4-7-16(15)11-19(18)13-20(14)17;;/h1-24H;2*3-13H;;/q;2*-1;2*+1/p+2. The largest absolute Gasteiger partial charge is 1.00 e. The molecule has 13 aromatic carbocycles. The molecular formula is C70H48Au2P2+2. The number of hydrogen-bond acceptors (Lipinski definition) is 0. The van der Waals surface area contributed by atoms with Crippen LogP contribution in [0.25, 0.3) is 64.6 Å². The second-order valence-electron chi connectivity index (χ2n) is 17.9. The van der Waals surface area contributed by atoms with Gasteiger partial charge >= 0.3 is 44.8 Å². The van der Waals surface area contributed by atoms with Crippen molar-refractivity contribution in [3.63, 3.8) is 0 Å². The fraction of sp³-hybridized carbons (Fsp3) is 0. The molecule has 0 saturated carbocycles. The smallest absolute Gasteiger partial charge is 0.366 e. The minimum absolute atomic E-state index is 0. The van der Waals surface area contributed by atoms with E-state index < -0.39 is 15.8 Å². The first-order valence-electron chi connectivity index (χ1n) is 24.2. The summed E-state index contributed by atoms with van der Waals surface area (Å²) in [5.41, 5.74) is 1.69. The summed E-state index contributed by atoms with van der Waals surface area (Å²) in [5.74, 6) is 5.04. The number of hydrogen-bond donors (Lipinski definition) is 0. The average molecular weight is 1350 g/mol. The summed E-state index contributed by atoms with van der Waals surface area (Å²) < 4.78 is 0. The van der Waals surface area contributed by atoms with Crippen LogP contribution in [0.5, 0.6) is 0 Å². The minimum Gasteiger partial charge on any atom is -0.366 e. The quantitative estimate of drug-likeness (QED) is 0.0512. The predicted octanol–water partition coefficient (Wildman–Crippen LogP) is 14.8. The first-order valence-corrected chi connectivity index (χ1v) is 27.2. The molecule has 0 unspecified atom stereocenters. The van der Waals surface area contributed by atoms with Crippen molar-refractivity contribution >= 4 is 112 Å². The third-order valence-electron chi connectivity index (χ3n) is 13.4. The topological polar surface area (TPSA) is 0 Å². The van der Waals surface area contributed by atoms with Crippen LogP contribution < -0.4 is 31.8 Å². The van der Waals surface area contributed by atoms with Crippen molar-refractivity contribution in [1.29, 1.82) is 0 Å². The molecule has 0 aliphatic carbocycles. The fourth-order valence-electron chi connectivity index (χ4n) is 9.95. The van der Waals surface area contributed by atoms with Crippen molar-refractivity contribution < 1.29 is 44.8 Å². The Hall–Kier alpha value is -7.12. The molecule has 0 spiro atoms. The molecule has 0 atom stereocenters. The number of fused-ring (bicyclic) bond motifs is 6. The maximum absolute atomic E-state index is 7.41. The Labute approximate surface area is 468 Å². The van der Waals surface area contributed by atoms with Crippen LogP contribution >= 0.6 is 15.8 Å². The van der Waals surface area contributed by atoms with Crippen LogP contribution in [0.2, 0.25) is 0 Å². The Morgan fingerprint density at radius 3 is 0.770 bits per heavy atom. The molecule has 0 fully saturated rings. The van der Waals surface area contributed by atoms with E-state index in [0.29, 0.717) is 0 Å². The molecule has 13 rings (SSSR count). The Morgan fingerprint density at radius 1 is 0.230 bits per heavy atom. The van der Waals surface area contributed by atoms with Gasteiger partial charge in [-0.2, -0.15) is 0 Å². The van der Waals surface area contributed by atoms with E-state index in [0.717, 1.165) is 32.7 Å². The third kappa shape index (κ3) is 11.2. The Bertz CT molecular complexity index is 3780. The van der Waals surface area contributed by atoms with Crippen molar-refractivity contribution in [2.45, 2.75) is 0 Å². The van der Waals surface area contributed by atoms with Gasteiger partial charge in [-0.3, -0.25) is 11.8 Å². The fourth-order valence-corrected chi connectivity index (χ4v) is 15.9. The van der Waals surface area contributed by atoms with Gasteiger partial charge in [0, 0.05) is 0 Å². The van der Waals surface area contributed by atoms with Gasteiger partial charge in [-0.25, -0.2) is 0 Å². The SMILES string of the molecule is [Au+].[Au+].[C-]#Cc1cccc2cc3cc4ccccc4cc3cc12.[C-]#Cc1cccc2cc3cc4ccccc4cc3cc12.c1ccc([PH+](c2ccccc2)c2ccccc2[PH+](c2ccccc2)c2ccccc2)cc1. The van der Waals surface area contributed by atoms with Crippen molar-refractivity contribution in [2.24, 2.45) is 0 Å². The van der Waals surface area contributed by atoms with E-state index in [-0.39, 0.29) is 44.8 Å². The van der Waals surface area contributed by atoms with Gasteiger partial charge in [0.05, 0.1) is 0 Å². The predicted molar refractivity (Wildman–Crippen MR) is 317 cm³/mol. The maximum Gasteiger partial charge on any atom is 1.00 e. The van der Waals surface area contributed by atoms with Crippen LogP contribution in [-0.4, -0.2) is 0 Å². The summed E-state index contributed by atoms with van der Waals surface area (Å²) in [6.45, 7) is 0. The van der Waals surface area contributed by atoms with Crippen molar-refractivity contribution in [3.8, 4) is 11.8 Å². The second kappa shape index (κ2) is 24.3. The molecule has 0 radical (unpaired) electrons. The van der Waals surface area contributed by atoms with E-state index in [1.54, 1.807) is 0 Å². The number of rotatable bonds is 6. The molecule has 13 aromatic rings. The molecule has 0 aliphatic heterocycles. The van der Waals surface area contributed by atoms with Crippen molar-refractivity contribution in [3.05, 3.63) is 303 Å². The third-order valence-corrected chi connectivity index (χ3v) is 19.2. The van der Waals surface area contributed by atoms with Crippen molar-refractivity contribution in [2.75, 3.05) is 0 Å². The summed E-state index contributed by atoms with van der Waals surface area (Å²) in [6.07, 6.45) is 14.8. The summed E-state index contributed by atoms with van der Waals surface area (Å²) in [5, 5.41) is 23.1. The van der Waals surface area contributed by atoms with Gasteiger partial charge in [0.1, 0.15) is 47.7 Å². The van der Waals surface area contributed by atoms with Crippen LogP contribution in [0.4, 0.5) is 0 Å². The molecule has 0 aromatic heterocycles. The van der Waals surface area contributed by atoms with E-state index in [1.165, 1.54) is 74.9 Å². The Balaban J connectivity index is 0.000000140. The molecule has 0 aliphatic rings. The van der Waals surface area contributed by atoms with Gasteiger partial charge in [0.2, 0.25) is 0 Å². The molecular weight excluding hydrogens is 1300 g/mol. The van der Waals surface area contributed by atoms with Gasteiger partial charge in [-0.1, -0.05) is 181 Å². The monoisotopic (exact) mass is 1340 g/mol. The van der Waals surface area contributed by atoms with E-state index in [9.17, 15) is 0 Å². The molecule has 4 heteroatoms. The zero-order valence-corrected chi connectivity index (χ0v) is 46.5. The van der Waals surface area contributed by atoms with Gasteiger partial charge in [-0.15, -0.1) is 23.3 Å². The first-order chi connectivity index (χ1) is 35.6. The molecule has 358 valence electrons. The van der Waals surface area contributed by atoms with E-state index in [4.69, 9.17) is 12.8 Å². The van der Waals surface area contributed by atoms with E-state index >= 15 is 0 Å². The number of benzene rings is 13. The van der Waals surface area contributed by atoms with Crippen LogP contribution in [-0.2, 0) is 44.8 Å². The summed E-state index contributed by atoms with van der Waals surface area (Å²) in [6, 6.07) is 99.8. The van der Waals surface area contributed by atoms with Crippen molar-refractivity contribution in [1.82, 2.24) is 0 Å². The first kappa shape index (κ1) is 51.8. The molecule has 0 nitrogen and oxygen atoms in total.